The smallest absolute Gasteiger partial charge is 0.115 e. The molecule has 1 rings (SSSR count). The molecule has 0 spiro atoms. The second-order valence-electron chi connectivity index (χ2n) is 2.24. The van der Waals surface area contributed by atoms with Crippen LogP contribution < -0.4 is 0 Å². The van der Waals surface area contributed by atoms with Crippen molar-refractivity contribution in [3.8, 4) is 5.75 Å². The van der Waals surface area contributed by atoms with Gasteiger partial charge in [-0.3, -0.25) is 0 Å². The molecule has 0 atom stereocenters. The molecule has 0 aliphatic rings. The van der Waals surface area contributed by atoms with E-state index in [2.05, 4.69) is 15.9 Å². The summed E-state index contributed by atoms with van der Waals surface area (Å²) in [5.41, 5.74) is 1.77. The van der Waals surface area contributed by atoms with E-state index >= 15 is 0 Å². The first kappa shape index (κ1) is 8.56. The second-order valence-corrected chi connectivity index (χ2v) is 2.81. The summed E-state index contributed by atoms with van der Waals surface area (Å²) in [4.78, 5) is 0. The highest BCUT2D eigenvalue weighted by Gasteiger charge is 1.99. The lowest BCUT2D eigenvalue weighted by molar-refractivity contribution is 0.281. The van der Waals surface area contributed by atoms with Gasteiger partial charge >= 0.3 is 0 Å². The summed E-state index contributed by atoms with van der Waals surface area (Å²) in [6, 6.07) is 4.92. The minimum atomic E-state index is 0.0151. The molecule has 0 radical (unpaired) electrons. The van der Waals surface area contributed by atoms with Crippen LogP contribution in [-0.2, 0) is 11.9 Å². The first-order valence-electron chi connectivity index (χ1n) is 3.25. The van der Waals surface area contributed by atoms with Gasteiger partial charge in [0.2, 0.25) is 0 Å². The highest BCUT2D eigenvalue weighted by molar-refractivity contribution is 9.08. The lowest BCUT2D eigenvalue weighted by Crippen LogP contribution is -1.89. The molecule has 0 aliphatic heterocycles. The molecule has 2 N–H and O–H groups in total. The Balaban J connectivity index is 3.06. The van der Waals surface area contributed by atoms with Gasteiger partial charge in [0, 0.05) is 5.33 Å². The molecule has 0 aliphatic carbocycles. The van der Waals surface area contributed by atoms with Crippen molar-refractivity contribution in [1.29, 1.82) is 0 Å². The Hall–Kier alpha value is -0.540. The Labute approximate surface area is 73.6 Å². The van der Waals surface area contributed by atoms with Crippen LogP contribution in [0.5, 0.6) is 5.75 Å². The van der Waals surface area contributed by atoms with Crippen molar-refractivity contribution >= 4 is 15.9 Å². The van der Waals surface area contributed by atoms with Crippen LogP contribution >= 0.6 is 15.9 Å². The molecule has 0 heterocycles. The highest BCUT2D eigenvalue weighted by Crippen LogP contribution is 2.18. The lowest BCUT2D eigenvalue weighted by atomic mass is 10.1. The van der Waals surface area contributed by atoms with E-state index in [0.717, 1.165) is 11.1 Å². The zero-order valence-corrected chi connectivity index (χ0v) is 7.50. The third-order valence-electron chi connectivity index (χ3n) is 1.50. The molecule has 1 aromatic carbocycles. The molecule has 0 fully saturated rings. The predicted octanol–water partition coefficient (Wildman–Crippen LogP) is 1.78. The van der Waals surface area contributed by atoms with E-state index in [1.807, 2.05) is 0 Å². The first-order chi connectivity index (χ1) is 5.27. The topological polar surface area (TPSA) is 40.5 Å². The number of alkyl halides is 1. The number of aliphatic hydroxyl groups is 1. The maximum atomic E-state index is 9.06. The number of aliphatic hydroxyl groups excluding tert-OH is 1. The maximum absolute atomic E-state index is 9.06. The minimum Gasteiger partial charge on any atom is -0.508 e. The molecule has 0 saturated heterocycles. The van der Waals surface area contributed by atoms with Gasteiger partial charge in [0.05, 0.1) is 6.61 Å². The van der Waals surface area contributed by atoms with Crippen LogP contribution in [0.3, 0.4) is 0 Å². The van der Waals surface area contributed by atoms with Crippen LogP contribution in [-0.4, -0.2) is 10.2 Å². The Morgan fingerprint density at radius 2 is 2.00 bits per heavy atom. The van der Waals surface area contributed by atoms with Crippen LogP contribution in [0.15, 0.2) is 18.2 Å². The average Bonchev–Trinajstić information content (AvgIpc) is 2.04. The lowest BCUT2D eigenvalue weighted by Gasteiger charge is -2.03. The van der Waals surface area contributed by atoms with Crippen molar-refractivity contribution in [2.45, 2.75) is 11.9 Å². The third kappa shape index (κ3) is 1.94. The van der Waals surface area contributed by atoms with Gasteiger partial charge in [-0.05, 0) is 23.3 Å². The number of halogens is 1. The van der Waals surface area contributed by atoms with Crippen LogP contribution in [0.1, 0.15) is 11.1 Å². The van der Waals surface area contributed by atoms with Crippen molar-refractivity contribution in [2.75, 3.05) is 0 Å². The summed E-state index contributed by atoms with van der Waals surface area (Å²) in [5, 5.41) is 18.5. The first-order valence-corrected chi connectivity index (χ1v) is 4.37. The summed E-state index contributed by atoms with van der Waals surface area (Å²) in [7, 11) is 0. The fraction of sp³-hybridized carbons (Fsp3) is 0.250. The molecule has 2 nitrogen and oxygen atoms in total. The number of hydrogen-bond acceptors (Lipinski definition) is 2. The van der Waals surface area contributed by atoms with Crippen LogP contribution in [0.2, 0.25) is 0 Å². The van der Waals surface area contributed by atoms with Crippen LogP contribution in [0, 0.1) is 0 Å². The van der Waals surface area contributed by atoms with Crippen molar-refractivity contribution in [3.63, 3.8) is 0 Å². The molecule has 0 unspecified atom stereocenters. The van der Waals surface area contributed by atoms with Gasteiger partial charge in [0.25, 0.3) is 0 Å². The van der Waals surface area contributed by atoms with E-state index in [1.165, 1.54) is 0 Å². The van der Waals surface area contributed by atoms with Gasteiger partial charge in [-0.1, -0.05) is 22.0 Å². The van der Waals surface area contributed by atoms with Crippen molar-refractivity contribution in [3.05, 3.63) is 29.3 Å². The quantitative estimate of drug-likeness (QED) is 0.741. The van der Waals surface area contributed by atoms with E-state index in [-0.39, 0.29) is 12.4 Å². The fourth-order valence-electron chi connectivity index (χ4n) is 0.891. The van der Waals surface area contributed by atoms with Crippen LogP contribution in [0.4, 0.5) is 0 Å². The number of benzene rings is 1. The number of aromatic hydroxyl groups is 1. The fourth-order valence-corrected chi connectivity index (χ4v) is 1.41. The summed E-state index contributed by atoms with van der Waals surface area (Å²) >= 11 is 3.26. The number of rotatable bonds is 2. The molecule has 3 heteroatoms. The van der Waals surface area contributed by atoms with Gasteiger partial charge in [0.1, 0.15) is 5.75 Å². The predicted molar refractivity (Wildman–Crippen MR) is 46.7 cm³/mol. The van der Waals surface area contributed by atoms with Gasteiger partial charge < -0.3 is 10.2 Å². The summed E-state index contributed by atoms with van der Waals surface area (Å²) in [6.45, 7) is 0.0151. The van der Waals surface area contributed by atoms with Gasteiger partial charge in [-0.15, -0.1) is 0 Å². The van der Waals surface area contributed by atoms with E-state index in [1.54, 1.807) is 18.2 Å². The standard InChI is InChI=1S/C8H9BrO2/c9-4-7-3-8(11)2-1-6(7)5-10/h1-3,10-11H,4-5H2. The van der Waals surface area contributed by atoms with Crippen molar-refractivity contribution < 1.29 is 10.2 Å². The maximum Gasteiger partial charge on any atom is 0.115 e. The number of phenolic OH excluding ortho intramolecular Hbond substituents is 1. The summed E-state index contributed by atoms with van der Waals surface area (Å²) in [5.74, 6) is 0.233. The van der Waals surface area contributed by atoms with Crippen LogP contribution in [0.25, 0.3) is 0 Å². The molecule has 60 valence electrons. The van der Waals surface area contributed by atoms with E-state index in [0.29, 0.717) is 5.33 Å². The van der Waals surface area contributed by atoms with Gasteiger partial charge in [-0.25, -0.2) is 0 Å². The number of hydrogen-bond donors (Lipinski definition) is 2. The van der Waals surface area contributed by atoms with Gasteiger partial charge in [-0.2, -0.15) is 0 Å². The Kier molecular flexibility index (Phi) is 2.91. The highest BCUT2D eigenvalue weighted by atomic mass is 79.9. The number of phenols is 1. The third-order valence-corrected chi connectivity index (χ3v) is 2.11. The molecule has 0 bridgehead atoms. The SMILES string of the molecule is OCc1ccc(O)cc1CBr. The normalized spacial score (nSPS) is 10.0. The van der Waals surface area contributed by atoms with Crippen molar-refractivity contribution in [1.82, 2.24) is 0 Å². The molecule has 11 heavy (non-hydrogen) atoms. The van der Waals surface area contributed by atoms with E-state index < -0.39 is 0 Å². The van der Waals surface area contributed by atoms with Gasteiger partial charge in [0.15, 0.2) is 0 Å². The second kappa shape index (κ2) is 3.74. The van der Waals surface area contributed by atoms with Crippen molar-refractivity contribution in [2.24, 2.45) is 0 Å². The van der Waals surface area contributed by atoms with E-state index in [4.69, 9.17) is 10.2 Å². The Bertz CT molecular complexity index is 248. The Morgan fingerprint density at radius 1 is 1.27 bits per heavy atom. The molecular formula is C8H9BrO2. The average molecular weight is 217 g/mol. The zero-order chi connectivity index (χ0) is 8.27. The molecule has 1 aromatic rings. The largest absolute Gasteiger partial charge is 0.508 e. The minimum absolute atomic E-state index is 0.0151. The Morgan fingerprint density at radius 3 is 2.55 bits per heavy atom. The molecule has 0 saturated carbocycles. The molecule has 0 amide bonds. The summed E-state index contributed by atoms with van der Waals surface area (Å²) < 4.78 is 0. The zero-order valence-electron chi connectivity index (χ0n) is 5.92. The monoisotopic (exact) mass is 216 g/mol. The summed E-state index contributed by atoms with van der Waals surface area (Å²) in [6.07, 6.45) is 0. The molecule has 0 aromatic heterocycles. The van der Waals surface area contributed by atoms with E-state index in [9.17, 15) is 0 Å². The molecular weight excluding hydrogens is 208 g/mol.